The molecule has 108 valence electrons. The highest BCUT2D eigenvalue weighted by Crippen LogP contribution is 2.19. The standard InChI is InChI=1S/C12H20FN3O2S/c1-10(2)15-19(17,18)16(8-4-7-14)12-6-3-5-11(13)9-12/h3,5-6,9-10,15H,4,7-8,14H2,1-2H3. The molecule has 0 fully saturated rings. The van der Waals surface area contributed by atoms with Crippen LogP contribution in [0.2, 0.25) is 0 Å². The van der Waals surface area contributed by atoms with Gasteiger partial charge in [-0.1, -0.05) is 6.07 Å². The van der Waals surface area contributed by atoms with E-state index in [0.717, 1.165) is 4.31 Å². The Labute approximate surface area is 113 Å². The molecule has 7 heteroatoms. The lowest BCUT2D eigenvalue weighted by Crippen LogP contribution is -2.44. The molecule has 0 unspecified atom stereocenters. The van der Waals surface area contributed by atoms with Gasteiger partial charge in [0.25, 0.3) is 0 Å². The number of rotatable bonds is 7. The molecule has 5 nitrogen and oxygen atoms in total. The van der Waals surface area contributed by atoms with Crippen molar-refractivity contribution in [2.75, 3.05) is 17.4 Å². The van der Waals surface area contributed by atoms with Crippen molar-refractivity contribution in [3.8, 4) is 0 Å². The zero-order valence-corrected chi connectivity index (χ0v) is 12.0. The molecule has 0 bridgehead atoms. The van der Waals surface area contributed by atoms with Crippen LogP contribution in [0, 0.1) is 5.82 Å². The number of nitrogens with one attached hydrogen (secondary N) is 1. The Morgan fingerprint density at radius 2 is 2.11 bits per heavy atom. The van der Waals surface area contributed by atoms with Crippen LogP contribution in [-0.4, -0.2) is 27.5 Å². The molecule has 0 radical (unpaired) electrons. The third-order valence-electron chi connectivity index (χ3n) is 2.34. The minimum absolute atomic E-state index is 0.210. The summed E-state index contributed by atoms with van der Waals surface area (Å²) in [7, 11) is -3.70. The highest BCUT2D eigenvalue weighted by molar-refractivity contribution is 7.90. The SMILES string of the molecule is CC(C)NS(=O)(=O)N(CCCN)c1cccc(F)c1. The van der Waals surface area contributed by atoms with E-state index >= 15 is 0 Å². The average Bonchev–Trinajstić information content (AvgIpc) is 2.27. The summed E-state index contributed by atoms with van der Waals surface area (Å²) in [6.45, 7) is 4.03. The van der Waals surface area contributed by atoms with E-state index < -0.39 is 16.0 Å². The van der Waals surface area contributed by atoms with E-state index in [2.05, 4.69) is 4.72 Å². The first-order chi connectivity index (χ1) is 8.86. The number of halogens is 1. The predicted molar refractivity (Wildman–Crippen MR) is 74.6 cm³/mol. The quantitative estimate of drug-likeness (QED) is 0.792. The smallest absolute Gasteiger partial charge is 0.301 e. The first-order valence-electron chi connectivity index (χ1n) is 6.12. The number of nitrogens with zero attached hydrogens (tertiary/aromatic N) is 1. The van der Waals surface area contributed by atoms with E-state index in [1.165, 1.54) is 18.2 Å². The Kier molecular flexibility index (Phi) is 5.71. The van der Waals surface area contributed by atoms with Gasteiger partial charge in [0.15, 0.2) is 0 Å². The van der Waals surface area contributed by atoms with Crippen LogP contribution in [-0.2, 0) is 10.2 Å². The van der Waals surface area contributed by atoms with E-state index in [-0.39, 0.29) is 12.6 Å². The number of anilines is 1. The molecule has 1 aromatic carbocycles. The summed E-state index contributed by atoms with van der Waals surface area (Å²) in [6.07, 6.45) is 0.496. The fraction of sp³-hybridized carbons (Fsp3) is 0.500. The second-order valence-electron chi connectivity index (χ2n) is 4.47. The van der Waals surface area contributed by atoms with Crippen LogP contribution in [0.3, 0.4) is 0 Å². The van der Waals surface area contributed by atoms with Gasteiger partial charge in [-0.2, -0.15) is 13.1 Å². The molecule has 0 atom stereocenters. The first-order valence-corrected chi connectivity index (χ1v) is 7.56. The lowest BCUT2D eigenvalue weighted by molar-refractivity contribution is 0.563. The lowest BCUT2D eigenvalue weighted by Gasteiger charge is -2.25. The summed E-state index contributed by atoms with van der Waals surface area (Å²) in [4.78, 5) is 0. The second kappa shape index (κ2) is 6.83. The number of hydrogen-bond acceptors (Lipinski definition) is 3. The summed E-state index contributed by atoms with van der Waals surface area (Å²) in [6, 6.07) is 5.26. The highest BCUT2D eigenvalue weighted by atomic mass is 32.2. The molecule has 0 aliphatic rings. The van der Waals surface area contributed by atoms with Crippen molar-refractivity contribution in [3.05, 3.63) is 30.1 Å². The number of benzene rings is 1. The monoisotopic (exact) mass is 289 g/mol. The minimum Gasteiger partial charge on any atom is -0.330 e. The molecule has 0 saturated carbocycles. The molecule has 0 saturated heterocycles. The summed E-state index contributed by atoms with van der Waals surface area (Å²) >= 11 is 0. The van der Waals surface area contributed by atoms with Crippen LogP contribution >= 0.6 is 0 Å². The molecule has 0 aromatic heterocycles. The first kappa shape index (κ1) is 15.9. The topological polar surface area (TPSA) is 75.4 Å². The van der Waals surface area contributed by atoms with Crippen molar-refractivity contribution in [1.29, 1.82) is 0 Å². The van der Waals surface area contributed by atoms with Gasteiger partial charge in [0.2, 0.25) is 0 Å². The fourth-order valence-corrected chi connectivity index (χ4v) is 3.10. The Morgan fingerprint density at radius 1 is 1.42 bits per heavy atom. The zero-order chi connectivity index (χ0) is 14.5. The van der Waals surface area contributed by atoms with Gasteiger partial charge in [0.1, 0.15) is 5.82 Å². The van der Waals surface area contributed by atoms with Crippen LogP contribution in [0.1, 0.15) is 20.3 Å². The molecule has 0 aliphatic heterocycles. The molecule has 1 rings (SSSR count). The fourth-order valence-electron chi connectivity index (χ4n) is 1.62. The molecule has 0 aliphatic carbocycles. The molecule has 1 aromatic rings. The van der Waals surface area contributed by atoms with Crippen LogP contribution < -0.4 is 14.8 Å². The Hall–Kier alpha value is -1.18. The third-order valence-corrected chi connectivity index (χ3v) is 4.08. The van der Waals surface area contributed by atoms with Crippen molar-refractivity contribution in [2.24, 2.45) is 5.73 Å². The summed E-state index contributed by atoms with van der Waals surface area (Å²) in [5, 5.41) is 0. The van der Waals surface area contributed by atoms with Gasteiger partial charge in [0.05, 0.1) is 5.69 Å². The highest BCUT2D eigenvalue weighted by Gasteiger charge is 2.22. The number of hydrogen-bond donors (Lipinski definition) is 2. The van der Waals surface area contributed by atoms with Gasteiger partial charge in [-0.05, 0) is 45.0 Å². The van der Waals surface area contributed by atoms with E-state index in [9.17, 15) is 12.8 Å². The molecular formula is C12H20FN3O2S. The van der Waals surface area contributed by atoms with E-state index in [0.29, 0.717) is 18.7 Å². The molecule has 3 N–H and O–H groups in total. The van der Waals surface area contributed by atoms with Gasteiger partial charge in [0, 0.05) is 12.6 Å². The van der Waals surface area contributed by atoms with Gasteiger partial charge >= 0.3 is 10.2 Å². The Morgan fingerprint density at radius 3 is 2.63 bits per heavy atom. The maximum atomic E-state index is 13.2. The predicted octanol–water partition coefficient (Wildman–Crippen LogP) is 1.22. The third kappa shape index (κ3) is 4.77. The summed E-state index contributed by atoms with van der Waals surface area (Å²) in [5.41, 5.74) is 5.71. The normalized spacial score (nSPS) is 11.8. The van der Waals surface area contributed by atoms with Crippen LogP contribution in [0.25, 0.3) is 0 Å². The van der Waals surface area contributed by atoms with Gasteiger partial charge in [-0.3, -0.25) is 4.31 Å². The van der Waals surface area contributed by atoms with Gasteiger partial charge in [-0.25, -0.2) is 4.39 Å². The van der Waals surface area contributed by atoms with Gasteiger partial charge in [-0.15, -0.1) is 0 Å². The Balaban J connectivity index is 3.07. The van der Waals surface area contributed by atoms with Crippen molar-refractivity contribution in [3.63, 3.8) is 0 Å². The van der Waals surface area contributed by atoms with Crippen molar-refractivity contribution < 1.29 is 12.8 Å². The maximum Gasteiger partial charge on any atom is 0.301 e. The van der Waals surface area contributed by atoms with Crippen LogP contribution in [0.15, 0.2) is 24.3 Å². The molecule has 0 heterocycles. The van der Waals surface area contributed by atoms with Crippen LogP contribution in [0.5, 0.6) is 0 Å². The van der Waals surface area contributed by atoms with Crippen molar-refractivity contribution in [1.82, 2.24) is 4.72 Å². The summed E-state index contributed by atoms with van der Waals surface area (Å²) in [5.74, 6) is -0.477. The van der Waals surface area contributed by atoms with Gasteiger partial charge < -0.3 is 5.73 Å². The molecule has 0 spiro atoms. The van der Waals surface area contributed by atoms with Crippen molar-refractivity contribution >= 4 is 15.9 Å². The Bertz CT molecular complexity index is 505. The van der Waals surface area contributed by atoms with Crippen molar-refractivity contribution in [2.45, 2.75) is 26.3 Å². The summed E-state index contributed by atoms with van der Waals surface area (Å²) < 4.78 is 41.3. The lowest BCUT2D eigenvalue weighted by atomic mass is 10.3. The molecular weight excluding hydrogens is 269 g/mol. The van der Waals surface area contributed by atoms with E-state index in [1.54, 1.807) is 19.9 Å². The van der Waals surface area contributed by atoms with Crippen LogP contribution in [0.4, 0.5) is 10.1 Å². The average molecular weight is 289 g/mol. The second-order valence-corrected chi connectivity index (χ2v) is 6.10. The number of nitrogens with two attached hydrogens (primary N) is 1. The minimum atomic E-state index is -3.70. The zero-order valence-electron chi connectivity index (χ0n) is 11.1. The molecule has 0 amide bonds. The van der Waals surface area contributed by atoms with E-state index in [4.69, 9.17) is 5.73 Å². The molecule has 19 heavy (non-hydrogen) atoms. The largest absolute Gasteiger partial charge is 0.330 e. The van der Waals surface area contributed by atoms with E-state index in [1.807, 2.05) is 0 Å². The maximum absolute atomic E-state index is 13.2.